The second-order valence-electron chi connectivity index (χ2n) is 5.18. The van der Waals surface area contributed by atoms with Crippen molar-refractivity contribution in [3.63, 3.8) is 0 Å². The van der Waals surface area contributed by atoms with E-state index in [9.17, 15) is 19.2 Å². The number of H-pyrrole nitrogens is 1. The van der Waals surface area contributed by atoms with Crippen molar-refractivity contribution in [2.45, 2.75) is 44.0 Å². The van der Waals surface area contributed by atoms with Crippen LogP contribution in [0.1, 0.15) is 25.8 Å². The molecule has 1 aliphatic rings. The number of carbonyl (C=O) groups is 2. The first kappa shape index (κ1) is 18.3. The molecule has 0 radical (unpaired) electrons. The molecule has 10 nitrogen and oxygen atoms in total. The molecule has 0 saturated carbocycles. The van der Waals surface area contributed by atoms with E-state index in [0.717, 1.165) is 4.68 Å². The van der Waals surface area contributed by atoms with Crippen LogP contribution in [-0.2, 0) is 23.8 Å². The lowest BCUT2D eigenvalue weighted by Crippen LogP contribution is -2.39. The molecule has 4 atom stereocenters. The van der Waals surface area contributed by atoms with Crippen molar-refractivity contribution in [2.24, 2.45) is 0 Å². The minimum absolute atomic E-state index is 0.0744. The number of aryl methyl sites for hydroxylation is 1. The maximum absolute atomic E-state index is 12.0. The van der Waals surface area contributed by atoms with Gasteiger partial charge in [-0.3, -0.25) is 19.4 Å². The second kappa shape index (κ2) is 7.26. The summed E-state index contributed by atoms with van der Waals surface area (Å²) in [6.07, 6.45) is -2.57. The van der Waals surface area contributed by atoms with E-state index in [4.69, 9.17) is 14.2 Å². The van der Waals surface area contributed by atoms with Gasteiger partial charge >= 0.3 is 17.6 Å². The average Bonchev–Trinajstić information content (AvgIpc) is 2.77. The molecule has 2 rings (SSSR count). The van der Waals surface area contributed by atoms with Crippen LogP contribution in [0.15, 0.2) is 9.59 Å². The van der Waals surface area contributed by atoms with Gasteiger partial charge < -0.3 is 14.2 Å². The predicted octanol–water partition coefficient (Wildman–Crippen LogP) is -0.604. The highest BCUT2D eigenvalue weighted by atomic mass is 79.9. The predicted molar refractivity (Wildman–Crippen MR) is 82.7 cm³/mol. The number of ether oxygens (including phenoxy) is 3. The Hall–Kier alpha value is -2.01. The highest BCUT2D eigenvalue weighted by Gasteiger charge is 2.48. The molecule has 132 valence electrons. The van der Waals surface area contributed by atoms with Crippen LogP contribution in [0.2, 0.25) is 0 Å². The molecule has 1 aliphatic heterocycles. The molecule has 1 saturated heterocycles. The van der Waals surface area contributed by atoms with Crippen molar-refractivity contribution in [3.8, 4) is 0 Å². The molecule has 1 aromatic rings. The van der Waals surface area contributed by atoms with Crippen molar-refractivity contribution in [3.05, 3.63) is 26.5 Å². The van der Waals surface area contributed by atoms with Crippen LogP contribution in [0.4, 0.5) is 0 Å². The van der Waals surface area contributed by atoms with Crippen LogP contribution in [-0.4, -0.2) is 50.3 Å². The van der Waals surface area contributed by atoms with Gasteiger partial charge in [0.15, 0.2) is 6.23 Å². The Labute approximate surface area is 144 Å². The van der Waals surface area contributed by atoms with Crippen LogP contribution in [0.25, 0.3) is 0 Å². The largest absolute Gasteiger partial charge is 0.463 e. The summed E-state index contributed by atoms with van der Waals surface area (Å²) in [5, 5.41) is 3.91. The SMILES string of the molecule is CC(=O)OC[C@H]1O[C@@H](n2nc(C)c(=O)[nH]c2=O)[C@H](Br)[C@@H]1OC(C)=O. The number of rotatable bonds is 4. The van der Waals surface area contributed by atoms with E-state index in [-0.39, 0.29) is 12.3 Å². The van der Waals surface area contributed by atoms with Gasteiger partial charge in [0.25, 0.3) is 5.56 Å². The number of hydrogen-bond acceptors (Lipinski definition) is 8. The van der Waals surface area contributed by atoms with Gasteiger partial charge in [0.05, 0.1) is 0 Å². The van der Waals surface area contributed by atoms with Gasteiger partial charge in [-0.25, -0.2) is 4.79 Å². The lowest BCUT2D eigenvalue weighted by molar-refractivity contribution is -0.155. The van der Waals surface area contributed by atoms with E-state index in [2.05, 4.69) is 26.0 Å². The number of aromatic nitrogens is 3. The van der Waals surface area contributed by atoms with Crippen LogP contribution >= 0.6 is 15.9 Å². The summed E-state index contributed by atoms with van der Waals surface area (Å²) >= 11 is 3.33. The first-order chi connectivity index (χ1) is 11.2. The monoisotopic (exact) mass is 405 g/mol. The minimum Gasteiger partial charge on any atom is -0.463 e. The number of nitrogens with one attached hydrogen (secondary N) is 1. The molecular formula is C13H16BrN3O7. The Morgan fingerprint density at radius 1 is 1.33 bits per heavy atom. The van der Waals surface area contributed by atoms with E-state index in [0.29, 0.717) is 0 Å². The fraction of sp³-hybridized carbons (Fsp3) is 0.615. The van der Waals surface area contributed by atoms with E-state index in [1.54, 1.807) is 0 Å². The number of hydrogen-bond donors (Lipinski definition) is 1. The zero-order chi connectivity index (χ0) is 18.0. The highest BCUT2D eigenvalue weighted by Crippen LogP contribution is 2.35. The summed E-state index contributed by atoms with van der Waals surface area (Å²) in [6.45, 7) is 3.73. The van der Waals surface area contributed by atoms with Crippen molar-refractivity contribution >= 4 is 27.9 Å². The molecule has 1 fully saturated rings. The summed E-state index contributed by atoms with van der Waals surface area (Å²) in [7, 11) is 0. The maximum Gasteiger partial charge on any atom is 0.347 e. The molecular weight excluding hydrogens is 390 g/mol. The van der Waals surface area contributed by atoms with Crippen LogP contribution in [0, 0.1) is 6.92 Å². The van der Waals surface area contributed by atoms with E-state index < -0.39 is 46.5 Å². The number of nitrogens with zero attached hydrogens (tertiary/aromatic N) is 2. The van der Waals surface area contributed by atoms with Gasteiger partial charge in [-0.1, -0.05) is 15.9 Å². The van der Waals surface area contributed by atoms with Crippen LogP contribution in [0.3, 0.4) is 0 Å². The molecule has 24 heavy (non-hydrogen) atoms. The molecule has 1 aromatic heterocycles. The fourth-order valence-electron chi connectivity index (χ4n) is 2.23. The van der Waals surface area contributed by atoms with Gasteiger partial charge in [0, 0.05) is 13.8 Å². The van der Waals surface area contributed by atoms with Gasteiger partial charge in [0.2, 0.25) is 0 Å². The summed E-state index contributed by atoms with van der Waals surface area (Å²) in [5.74, 6) is -1.08. The number of alkyl halides is 1. The number of aromatic amines is 1. The molecule has 0 bridgehead atoms. The maximum atomic E-state index is 12.0. The van der Waals surface area contributed by atoms with Crippen LogP contribution in [0.5, 0.6) is 0 Å². The van der Waals surface area contributed by atoms with Gasteiger partial charge in [-0.15, -0.1) is 0 Å². The van der Waals surface area contributed by atoms with Crippen molar-refractivity contribution in [2.75, 3.05) is 6.61 Å². The molecule has 11 heteroatoms. The topological polar surface area (TPSA) is 130 Å². The Kier molecular flexibility index (Phi) is 5.54. The Balaban J connectivity index is 2.33. The van der Waals surface area contributed by atoms with Gasteiger partial charge in [0.1, 0.15) is 29.3 Å². The summed E-state index contributed by atoms with van der Waals surface area (Å²) in [4.78, 5) is 47.2. The lowest BCUT2D eigenvalue weighted by Gasteiger charge is -2.19. The third-order valence-corrected chi connectivity index (χ3v) is 4.25. The number of carbonyl (C=O) groups excluding carboxylic acids is 2. The molecule has 0 spiro atoms. The molecule has 0 aliphatic carbocycles. The first-order valence-electron chi connectivity index (χ1n) is 7.00. The van der Waals surface area contributed by atoms with Crippen molar-refractivity contribution in [1.29, 1.82) is 0 Å². The third kappa shape index (κ3) is 3.90. The van der Waals surface area contributed by atoms with Crippen molar-refractivity contribution in [1.82, 2.24) is 14.8 Å². The van der Waals surface area contributed by atoms with E-state index >= 15 is 0 Å². The average molecular weight is 406 g/mol. The summed E-state index contributed by atoms with van der Waals surface area (Å²) in [5.41, 5.74) is -1.30. The lowest BCUT2D eigenvalue weighted by atomic mass is 10.2. The Bertz CT molecular complexity index is 759. The number of halogens is 1. The van der Waals surface area contributed by atoms with Gasteiger partial charge in [-0.2, -0.15) is 9.78 Å². The zero-order valence-electron chi connectivity index (χ0n) is 13.1. The van der Waals surface area contributed by atoms with Crippen molar-refractivity contribution < 1.29 is 23.8 Å². The fourth-order valence-corrected chi connectivity index (χ4v) is 3.02. The molecule has 0 amide bonds. The highest BCUT2D eigenvalue weighted by molar-refractivity contribution is 9.09. The minimum atomic E-state index is -0.960. The standard InChI is InChI=1S/C13H16BrN3O7/c1-5-11(20)15-13(21)17(16-5)12-9(14)10(23-7(3)19)8(24-12)4-22-6(2)18/h8-10,12H,4H2,1-3H3,(H,15,20,21)/t8-,9-,10-,12-/m1/s1. The smallest absolute Gasteiger partial charge is 0.347 e. The molecule has 0 unspecified atom stereocenters. The summed E-state index contributed by atoms with van der Waals surface area (Å²) < 4.78 is 16.7. The zero-order valence-corrected chi connectivity index (χ0v) is 14.7. The van der Waals surface area contributed by atoms with E-state index in [1.807, 2.05) is 0 Å². The Morgan fingerprint density at radius 3 is 2.58 bits per heavy atom. The van der Waals surface area contributed by atoms with Crippen LogP contribution < -0.4 is 11.2 Å². The molecule has 2 heterocycles. The normalized spacial score (nSPS) is 26.2. The van der Waals surface area contributed by atoms with Gasteiger partial charge in [-0.05, 0) is 6.92 Å². The third-order valence-electron chi connectivity index (χ3n) is 3.28. The van der Waals surface area contributed by atoms with E-state index in [1.165, 1.54) is 20.8 Å². The molecule has 1 N–H and O–H groups in total. The second-order valence-corrected chi connectivity index (χ2v) is 6.23. The number of esters is 2. The quantitative estimate of drug-likeness (QED) is 0.518. The first-order valence-corrected chi connectivity index (χ1v) is 7.92. The summed E-state index contributed by atoms with van der Waals surface area (Å²) in [6, 6.07) is 0. The molecule has 0 aromatic carbocycles. The Morgan fingerprint density at radius 2 is 2.00 bits per heavy atom.